The zero-order chi connectivity index (χ0) is 33.8. The summed E-state index contributed by atoms with van der Waals surface area (Å²) in [5, 5.41) is 9.22. The van der Waals surface area contributed by atoms with E-state index in [1.54, 1.807) is 36.7 Å². The molecule has 3 N–H and O–H groups in total. The molecule has 0 saturated carbocycles. The quantitative estimate of drug-likeness (QED) is 0.152. The Bertz CT molecular complexity index is 854. The van der Waals surface area contributed by atoms with Gasteiger partial charge < -0.3 is 5.11 Å². The minimum Gasteiger partial charge on any atom is -0.394 e. The van der Waals surface area contributed by atoms with Gasteiger partial charge in [0.15, 0.2) is 0 Å². The second-order valence-corrected chi connectivity index (χ2v) is 10.1. The van der Waals surface area contributed by atoms with E-state index in [0.717, 1.165) is 5.69 Å². The first-order chi connectivity index (χ1) is 19.9. The molecule has 42 heavy (non-hydrogen) atoms. The topological polar surface area (TPSA) is 123 Å². The number of hydrogen-bond acceptors (Lipinski definition) is 7. The van der Waals surface area contributed by atoms with Gasteiger partial charge in [-0.1, -0.05) is 113 Å². The summed E-state index contributed by atoms with van der Waals surface area (Å²) in [6.07, 6.45) is 3.35. The highest BCUT2D eigenvalue weighted by atomic mass is 79.9. The summed E-state index contributed by atoms with van der Waals surface area (Å²) in [6.45, 7) is 28.4. The number of alkyl halides is 1. The van der Waals surface area contributed by atoms with Crippen LogP contribution in [0.1, 0.15) is 129 Å². The monoisotopic (exact) mass is 658 g/mol. The molecule has 0 bridgehead atoms. The first kappa shape index (κ1) is 46.6. The largest absolute Gasteiger partial charge is 0.394 e. The van der Waals surface area contributed by atoms with Gasteiger partial charge >= 0.3 is 0 Å². The summed E-state index contributed by atoms with van der Waals surface area (Å²) >= 11 is 3.21. The molecule has 244 valence electrons. The molecule has 0 saturated heterocycles. The third-order valence-electron chi connectivity index (χ3n) is 4.23. The first-order valence-corrected chi connectivity index (χ1v) is 16.0. The number of aromatic nitrogens is 2. The van der Waals surface area contributed by atoms with Crippen LogP contribution in [-0.4, -0.2) is 52.0 Å². The maximum absolute atomic E-state index is 11.9. The molecular weight excluding hydrogens is 600 g/mol. The van der Waals surface area contributed by atoms with E-state index in [1.807, 2.05) is 96.9 Å². The Labute approximate surface area is 264 Å². The number of rotatable bonds is 8. The van der Waals surface area contributed by atoms with E-state index >= 15 is 0 Å². The highest BCUT2D eigenvalue weighted by Gasteiger charge is 2.24. The van der Waals surface area contributed by atoms with E-state index in [1.165, 1.54) is 0 Å². The standard InChI is InChI=1S/C12H17BrN2O2.C12H18N2O3.4C2H6/c1-12(2,3)10-9(5-4-7-14-10)11(16)15-17-8-6-13;1-12(2,3)10-9(5-4-6-13-10)11(16)14-17-8-7-15;4*1-2/h4-5,7H,6,8H2,1-3H3,(H,15,16);4-6,15H,7-8H2,1-3H3,(H,14,16);4*1-2H3. The highest BCUT2D eigenvalue weighted by molar-refractivity contribution is 9.09. The zero-order valence-electron chi connectivity index (χ0n) is 28.6. The van der Waals surface area contributed by atoms with Crippen molar-refractivity contribution in [3.63, 3.8) is 0 Å². The van der Waals surface area contributed by atoms with E-state index in [-0.39, 0.29) is 35.9 Å². The van der Waals surface area contributed by atoms with Crippen LogP contribution in [0.25, 0.3) is 0 Å². The maximum atomic E-state index is 11.9. The van der Waals surface area contributed by atoms with Crippen LogP contribution in [-0.2, 0) is 20.5 Å². The summed E-state index contributed by atoms with van der Waals surface area (Å²) in [5.74, 6) is -0.611. The average Bonchev–Trinajstić information content (AvgIpc) is 3.01. The van der Waals surface area contributed by atoms with Gasteiger partial charge in [-0.2, -0.15) is 0 Å². The van der Waals surface area contributed by atoms with E-state index in [0.29, 0.717) is 28.8 Å². The van der Waals surface area contributed by atoms with Crippen molar-refractivity contribution in [1.82, 2.24) is 20.9 Å². The van der Waals surface area contributed by atoms with Gasteiger partial charge in [-0.15, -0.1) is 0 Å². The molecule has 0 radical (unpaired) electrons. The van der Waals surface area contributed by atoms with Crippen molar-refractivity contribution in [2.24, 2.45) is 0 Å². The van der Waals surface area contributed by atoms with E-state index in [4.69, 9.17) is 14.8 Å². The Morgan fingerprint density at radius 3 is 1.33 bits per heavy atom. The molecule has 0 spiro atoms. The van der Waals surface area contributed by atoms with Crippen LogP contribution in [0.15, 0.2) is 36.7 Å². The lowest BCUT2D eigenvalue weighted by Crippen LogP contribution is -2.29. The molecule has 0 aliphatic carbocycles. The van der Waals surface area contributed by atoms with Gasteiger partial charge in [0, 0.05) is 28.6 Å². The molecule has 0 unspecified atom stereocenters. The van der Waals surface area contributed by atoms with E-state index in [9.17, 15) is 9.59 Å². The van der Waals surface area contributed by atoms with E-state index < -0.39 is 0 Å². The van der Waals surface area contributed by atoms with Crippen molar-refractivity contribution in [1.29, 1.82) is 0 Å². The van der Waals surface area contributed by atoms with Crippen molar-refractivity contribution in [3.05, 3.63) is 59.2 Å². The van der Waals surface area contributed by atoms with Crippen molar-refractivity contribution < 1.29 is 24.4 Å². The molecule has 2 amide bonds. The fourth-order valence-electron chi connectivity index (χ4n) is 2.80. The minimum absolute atomic E-state index is 0.0663. The Kier molecular flexibility index (Phi) is 31.8. The predicted molar refractivity (Wildman–Crippen MR) is 179 cm³/mol. The van der Waals surface area contributed by atoms with Gasteiger partial charge in [-0.3, -0.25) is 29.2 Å². The normalized spacial score (nSPS) is 9.71. The Morgan fingerprint density at radius 1 is 0.714 bits per heavy atom. The van der Waals surface area contributed by atoms with Gasteiger partial charge in [-0.25, -0.2) is 11.0 Å². The molecule has 10 heteroatoms. The van der Waals surface area contributed by atoms with Gasteiger partial charge in [-0.05, 0) is 24.3 Å². The Hall–Kier alpha value is -2.40. The Morgan fingerprint density at radius 2 is 1.05 bits per heavy atom. The summed E-state index contributed by atoms with van der Waals surface area (Å²) in [6, 6.07) is 6.90. The molecule has 2 heterocycles. The van der Waals surface area contributed by atoms with Crippen LogP contribution in [0.2, 0.25) is 0 Å². The molecule has 2 rings (SSSR count). The number of nitrogens with one attached hydrogen (secondary N) is 2. The average molecular weight is 660 g/mol. The molecule has 0 aromatic carbocycles. The lowest BCUT2D eigenvalue weighted by molar-refractivity contribution is 0.0166. The number of halogens is 1. The van der Waals surface area contributed by atoms with Crippen LogP contribution in [0.4, 0.5) is 0 Å². The smallest absolute Gasteiger partial charge is 0.276 e. The van der Waals surface area contributed by atoms with Crippen molar-refractivity contribution in [3.8, 4) is 0 Å². The molecule has 9 nitrogen and oxygen atoms in total. The summed E-state index contributed by atoms with van der Waals surface area (Å²) in [5.41, 5.74) is 6.79. The number of amides is 2. The number of hydroxylamine groups is 2. The SMILES string of the molecule is CC.CC.CC.CC.CC(C)(C)c1ncccc1C(=O)NOCCBr.CC(C)(C)c1ncccc1C(=O)NOCCO. The first-order valence-electron chi connectivity index (χ1n) is 14.9. The predicted octanol–water partition coefficient (Wildman–Crippen LogP) is 7.57. The van der Waals surface area contributed by atoms with Gasteiger partial charge in [0.05, 0.1) is 42.3 Å². The molecular formula is C32H59BrN4O5. The maximum Gasteiger partial charge on any atom is 0.276 e. The van der Waals surface area contributed by atoms with Gasteiger partial charge in [0.25, 0.3) is 11.8 Å². The molecule has 0 aliphatic heterocycles. The molecule has 0 fully saturated rings. The number of aliphatic hydroxyl groups is 1. The third-order valence-corrected chi connectivity index (χ3v) is 4.55. The lowest BCUT2D eigenvalue weighted by Gasteiger charge is -2.20. The minimum atomic E-state index is -0.350. The Balaban J connectivity index is -0.000000277. The second kappa shape index (κ2) is 28.7. The fourth-order valence-corrected chi connectivity index (χ4v) is 2.96. The van der Waals surface area contributed by atoms with Crippen LogP contribution in [0.3, 0.4) is 0 Å². The van der Waals surface area contributed by atoms with Crippen LogP contribution in [0.5, 0.6) is 0 Å². The van der Waals surface area contributed by atoms with Gasteiger partial charge in [0.2, 0.25) is 0 Å². The van der Waals surface area contributed by atoms with Crippen molar-refractivity contribution >= 4 is 27.7 Å². The number of hydrogen-bond donors (Lipinski definition) is 3. The molecule has 0 atom stereocenters. The molecule has 2 aromatic rings. The van der Waals surface area contributed by atoms with Crippen LogP contribution < -0.4 is 11.0 Å². The second-order valence-electron chi connectivity index (χ2n) is 9.27. The van der Waals surface area contributed by atoms with Crippen molar-refractivity contribution in [2.45, 2.75) is 108 Å². The van der Waals surface area contributed by atoms with E-state index in [2.05, 4.69) is 36.9 Å². The van der Waals surface area contributed by atoms with Gasteiger partial charge in [0.1, 0.15) is 0 Å². The molecule has 2 aromatic heterocycles. The molecule has 0 aliphatic rings. The summed E-state index contributed by atoms with van der Waals surface area (Å²) < 4.78 is 0. The fraction of sp³-hybridized carbons (Fsp3) is 0.625. The van der Waals surface area contributed by atoms with Crippen LogP contribution >= 0.6 is 15.9 Å². The third kappa shape index (κ3) is 20.5. The lowest BCUT2D eigenvalue weighted by atomic mass is 9.88. The summed E-state index contributed by atoms with van der Waals surface area (Å²) in [7, 11) is 0. The number of pyridine rings is 2. The number of carbonyl (C=O) groups excluding carboxylic acids is 2. The van der Waals surface area contributed by atoms with Crippen molar-refractivity contribution in [2.75, 3.05) is 25.2 Å². The number of carbonyl (C=O) groups is 2. The number of nitrogens with zero attached hydrogens (tertiary/aromatic N) is 2. The highest BCUT2D eigenvalue weighted by Crippen LogP contribution is 2.24. The number of aliphatic hydroxyl groups excluding tert-OH is 1. The zero-order valence-corrected chi connectivity index (χ0v) is 30.2. The van der Waals surface area contributed by atoms with Crippen LogP contribution in [0, 0.1) is 0 Å². The summed E-state index contributed by atoms with van der Waals surface area (Å²) in [4.78, 5) is 42.0.